The number of rotatable bonds is 2. The van der Waals surface area contributed by atoms with Crippen molar-refractivity contribution in [1.29, 1.82) is 0 Å². The minimum Gasteiger partial charge on any atom is -0.368 e. The molecular weight excluding hydrogens is 246 g/mol. The smallest absolute Gasteiger partial charge is 0.277 e. The normalized spacial score (nSPS) is 27.4. The first-order valence-electron chi connectivity index (χ1n) is 5.67. The molecule has 1 amide bonds. The number of nitrogens with two attached hydrogens (primary N) is 1. The summed E-state index contributed by atoms with van der Waals surface area (Å²) in [5.74, 6) is -0.0310. The summed E-state index contributed by atoms with van der Waals surface area (Å²) in [4.78, 5) is 13.6. The molecule has 8 heteroatoms. The van der Waals surface area contributed by atoms with Crippen LogP contribution in [0.2, 0.25) is 0 Å². The summed E-state index contributed by atoms with van der Waals surface area (Å²) in [7, 11) is -3.63. The van der Waals surface area contributed by atoms with Gasteiger partial charge in [0.15, 0.2) is 0 Å². The highest BCUT2D eigenvalue weighted by Crippen LogP contribution is 2.16. The SMILES string of the molecule is NS(=O)(=O)N1CCN(C(=O)[C@H]2CCCO2)CC1. The zero-order chi connectivity index (χ0) is 12.5. The molecule has 0 aromatic rings. The first-order chi connectivity index (χ1) is 7.98. The van der Waals surface area contributed by atoms with Gasteiger partial charge in [-0.2, -0.15) is 12.7 Å². The molecule has 0 unspecified atom stereocenters. The Kier molecular flexibility index (Phi) is 3.67. The fourth-order valence-corrected chi connectivity index (χ4v) is 2.81. The topological polar surface area (TPSA) is 92.9 Å². The summed E-state index contributed by atoms with van der Waals surface area (Å²) in [6, 6.07) is 0. The van der Waals surface area contributed by atoms with Crippen molar-refractivity contribution in [3.63, 3.8) is 0 Å². The minimum atomic E-state index is -3.63. The Morgan fingerprint density at radius 1 is 1.24 bits per heavy atom. The first-order valence-corrected chi connectivity index (χ1v) is 7.17. The van der Waals surface area contributed by atoms with Crippen LogP contribution in [0.1, 0.15) is 12.8 Å². The van der Waals surface area contributed by atoms with Gasteiger partial charge in [-0.3, -0.25) is 4.79 Å². The number of ether oxygens (including phenoxy) is 1. The molecular formula is C9H17N3O4S. The Hall–Kier alpha value is -0.700. The average Bonchev–Trinajstić information content (AvgIpc) is 2.80. The van der Waals surface area contributed by atoms with E-state index in [0.29, 0.717) is 19.7 Å². The highest BCUT2D eigenvalue weighted by Gasteiger charge is 2.32. The summed E-state index contributed by atoms with van der Waals surface area (Å²) < 4.78 is 28.7. The Bertz CT molecular complexity index is 383. The van der Waals surface area contributed by atoms with Crippen LogP contribution in [-0.2, 0) is 19.7 Å². The van der Waals surface area contributed by atoms with Gasteiger partial charge in [0.1, 0.15) is 6.10 Å². The maximum Gasteiger partial charge on any atom is 0.277 e. The van der Waals surface area contributed by atoms with E-state index in [1.54, 1.807) is 4.90 Å². The molecule has 2 aliphatic rings. The molecule has 1 atom stereocenters. The monoisotopic (exact) mass is 263 g/mol. The molecule has 2 aliphatic heterocycles. The van der Waals surface area contributed by atoms with Crippen molar-refractivity contribution < 1.29 is 17.9 Å². The van der Waals surface area contributed by atoms with Gasteiger partial charge in [-0.1, -0.05) is 0 Å². The lowest BCUT2D eigenvalue weighted by Gasteiger charge is -2.34. The maximum absolute atomic E-state index is 12.0. The second kappa shape index (κ2) is 4.89. The van der Waals surface area contributed by atoms with Crippen molar-refractivity contribution in [2.75, 3.05) is 32.8 Å². The van der Waals surface area contributed by atoms with Gasteiger partial charge in [-0.25, -0.2) is 5.14 Å². The van der Waals surface area contributed by atoms with Crippen LogP contribution < -0.4 is 5.14 Å². The Morgan fingerprint density at radius 3 is 2.35 bits per heavy atom. The second-order valence-corrected chi connectivity index (χ2v) is 5.82. The highest BCUT2D eigenvalue weighted by molar-refractivity contribution is 7.86. The summed E-state index contributed by atoms with van der Waals surface area (Å²) in [6.45, 7) is 1.92. The molecule has 0 aromatic heterocycles. The van der Waals surface area contributed by atoms with Crippen molar-refractivity contribution in [3.8, 4) is 0 Å². The number of hydrogen-bond acceptors (Lipinski definition) is 4. The van der Waals surface area contributed by atoms with Crippen LogP contribution in [0.25, 0.3) is 0 Å². The molecule has 0 spiro atoms. The molecule has 0 saturated carbocycles. The number of piperazine rings is 1. The van der Waals surface area contributed by atoms with Crippen LogP contribution in [0.5, 0.6) is 0 Å². The number of carbonyl (C=O) groups excluding carboxylic acids is 1. The standard InChI is InChI=1S/C9H17N3O4S/c10-17(14,15)12-5-3-11(4-6-12)9(13)8-2-1-7-16-8/h8H,1-7H2,(H2,10,14,15)/t8-/m1/s1. The molecule has 98 valence electrons. The summed E-state index contributed by atoms with van der Waals surface area (Å²) >= 11 is 0. The van der Waals surface area contributed by atoms with Crippen LogP contribution >= 0.6 is 0 Å². The molecule has 2 heterocycles. The van der Waals surface area contributed by atoms with Crippen molar-refractivity contribution in [3.05, 3.63) is 0 Å². The lowest BCUT2D eigenvalue weighted by molar-refractivity contribution is -0.142. The van der Waals surface area contributed by atoms with Crippen LogP contribution in [0.3, 0.4) is 0 Å². The van der Waals surface area contributed by atoms with E-state index in [1.165, 1.54) is 4.31 Å². The largest absolute Gasteiger partial charge is 0.368 e. The minimum absolute atomic E-state index is 0.0310. The van der Waals surface area contributed by atoms with Crippen molar-refractivity contribution in [2.45, 2.75) is 18.9 Å². The molecule has 2 rings (SSSR count). The number of carbonyl (C=O) groups is 1. The lowest BCUT2D eigenvalue weighted by atomic mass is 10.2. The number of hydrogen-bond donors (Lipinski definition) is 1. The maximum atomic E-state index is 12.0. The molecule has 7 nitrogen and oxygen atoms in total. The summed E-state index contributed by atoms with van der Waals surface area (Å²) in [5.41, 5.74) is 0. The fourth-order valence-electron chi connectivity index (χ4n) is 2.14. The molecule has 17 heavy (non-hydrogen) atoms. The molecule has 0 bridgehead atoms. The first kappa shape index (κ1) is 12.7. The van der Waals surface area contributed by atoms with Gasteiger partial charge in [0.25, 0.3) is 16.1 Å². The number of amides is 1. The van der Waals surface area contributed by atoms with Crippen molar-refractivity contribution in [2.24, 2.45) is 5.14 Å². The third-order valence-corrected chi connectivity index (χ3v) is 4.20. The third kappa shape index (κ3) is 2.95. The third-order valence-electron chi connectivity index (χ3n) is 3.12. The van der Waals surface area contributed by atoms with Crippen LogP contribution in [0.4, 0.5) is 0 Å². The number of nitrogens with zero attached hydrogens (tertiary/aromatic N) is 2. The molecule has 0 aromatic carbocycles. The van der Waals surface area contributed by atoms with Gasteiger partial charge in [0.2, 0.25) is 0 Å². The van der Waals surface area contributed by atoms with E-state index in [2.05, 4.69) is 0 Å². The lowest BCUT2D eigenvalue weighted by Crippen LogP contribution is -2.54. The molecule has 0 radical (unpaired) electrons. The van der Waals surface area contributed by atoms with E-state index in [0.717, 1.165) is 12.8 Å². The summed E-state index contributed by atoms with van der Waals surface area (Å²) in [6.07, 6.45) is 1.33. The van der Waals surface area contributed by atoms with E-state index < -0.39 is 10.2 Å². The quantitative estimate of drug-likeness (QED) is 0.657. The predicted octanol–water partition coefficient (Wildman–Crippen LogP) is -1.49. The van der Waals surface area contributed by atoms with Gasteiger partial charge in [-0.15, -0.1) is 0 Å². The van der Waals surface area contributed by atoms with Crippen molar-refractivity contribution >= 4 is 16.1 Å². The van der Waals surface area contributed by atoms with Gasteiger partial charge < -0.3 is 9.64 Å². The van der Waals surface area contributed by atoms with E-state index in [-0.39, 0.29) is 25.1 Å². The van der Waals surface area contributed by atoms with E-state index >= 15 is 0 Å². The van der Waals surface area contributed by atoms with Gasteiger partial charge in [-0.05, 0) is 12.8 Å². The molecule has 2 fully saturated rings. The van der Waals surface area contributed by atoms with Crippen molar-refractivity contribution in [1.82, 2.24) is 9.21 Å². The highest BCUT2D eigenvalue weighted by atomic mass is 32.2. The average molecular weight is 263 g/mol. The molecule has 2 saturated heterocycles. The van der Waals surface area contributed by atoms with Gasteiger partial charge >= 0.3 is 0 Å². The van der Waals surface area contributed by atoms with Gasteiger partial charge in [0, 0.05) is 32.8 Å². The van der Waals surface area contributed by atoms with E-state index in [9.17, 15) is 13.2 Å². The Morgan fingerprint density at radius 2 is 1.88 bits per heavy atom. The van der Waals surface area contributed by atoms with E-state index in [4.69, 9.17) is 9.88 Å². The molecule has 0 aliphatic carbocycles. The van der Waals surface area contributed by atoms with Crippen LogP contribution in [0, 0.1) is 0 Å². The summed E-state index contributed by atoms with van der Waals surface area (Å²) in [5, 5.41) is 5.02. The Balaban J connectivity index is 1.88. The molecule has 2 N–H and O–H groups in total. The fraction of sp³-hybridized carbons (Fsp3) is 0.889. The van der Waals surface area contributed by atoms with Gasteiger partial charge in [0.05, 0.1) is 0 Å². The predicted molar refractivity (Wildman–Crippen MR) is 60.2 cm³/mol. The Labute approximate surface area is 101 Å². The van der Waals surface area contributed by atoms with Crippen LogP contribution in [-0.4, -0.2) is 62.4 Å². The van der Waals surface area contributed by atoms with E-state index in [1.807, 2.05) is 0 Å². The van der Waals surface area contributed by atoms with Crippen LogP contribution in [0.15, 0.2) is 0 Å². The zero-order valence-corrected chi connectivity index (χ0v) is 10.4. The second-order valence-electron chi connectivity index (χ2n) is 4.27. The zero-order valence-electron chi connectivity index (χ0n) is 9.54.